The molecule has 0 spiro atoms. The Hall–Kier alpha value is -1.91. The van der Waals surface area contributed by atoms with Crippen molar-refractivity contribution in [2.24, 2.45) is 5.92 Å². The molecule has 1 aromatic heterocycles. The van der Waals surface area contributed by atoms with Gasteiger partial charge in [-0.2, -0.15) is 0 Å². The SMILES string of the molecule is O=C(Nc1ccncc1)C1CCN(Cc2ccc(Cl)cc2)CC1. The third kappa shape index (κ3) is 4.53. The smallest absolute Gasteiger partial charge is 0.227 e. The van der Waals surface area contributed by atoms with E-state index in [4.69, 9.17) is 11.6 Å². The predicted octanol–water partition coefficient (Wildman–Crippen LogP) is 3.59. The van der Waals surface area contributed by atoms with Crippen LogP contribution in [0.25, 0.3) is 0 Å². The molecule has 0 bridgehead atoms. The lowest BCUT2D eigenvalue weighted by atomic mass is 9.95. The minimum absolute atomic E-state index is 0.0876. The van der Waals surface area contributed by atoms with E-state index in [0.29, 0.717) is 0 Å². The van der Waals surface area contributed by atoms with E-state index in [1.807, 2.05) is 24.3 Å². The van der Waals surface area contributed by atoms with Crippen LogP contribution in [0.5, 0.6) is 0 Å². The van der Waals surface area contributed by atoms with Gasteiger partial charge in [0, 0.05) is 35.6 Å². The number of aromatic nitrogens is 1. The van der Waals surface area contributed by atoms with E-state index in [2.05, 4.69) is 27.3 Å². The number of amides is 1. The zero-order valence-electron chi connectivity index (χ0n) is 12.9. The average Bonchev–Trinajstić information content (AvgIpc) is 2.58. The third-order valence-electron chi connectivity index (χ3n) is 4.23. The number of piperidine rings is 1. The first kappa shape index (κ1) is 16.0. The van der Waals surface area contributed by atoms with Gasteiger partial charge in [0.1, 0.15) is 0 Å². The average molecular weight is 330 g/mol. The first-order chi connectivity index (χ1) is 11.2. The summed E-state index contributed by atoms with van der Waals surface area (Å²) < 4.78 is 0. The Labute approximate surface area is 141 Å². The van der Waals surface area contributed by atoms with E-state index >= 15 is 0 Å². The molecular weight excluding hydrogens is 310 g/mol. The van der Waals surface area contributed by atoms with Gasteiger partial charge < -0.3 is 5.32 Å². The first-order valence-corrected chi connectivity index (χ1v) is 8.26. The summed E-state index contributed by atoms with van der Waals surface area (Å²) in [5.41, 5.74) is 2.07. The van der Waals surface area contributed by atoms with Gasteiger partial charge in [0.15, 0.2) is 0 Å². The maximum Gasteiger partial charge on any atom is 0.227 e. The van der Waals surface area contributed by atoms with Crippen molar-refractivity contribution >= 4 is 23.2 Å². The second-order valence-corrected chi connectivity index (χ2v) is 6.34. The van der Waals surface area contributed by atoms with E-state index in [0.717, 1.165) is 43.2 Å². The summed E-state index contributed by atoms with van der Waals surface area (Å²) >= 11 is 5.91. The molecular formula is C18H20ClN3O. The van der Waals surface area contributed by atoms with E-state index in [-0.39, 0.29) is 11.8 Å². The van der Waals surface area contributed by atoms with Crippen molar-refractivity contribution in [2.75, 3.05) is 18.4 Å². The van der Waals surface area contributed by atoms with Crippen molar-refractivity contribution in [2.45, 2.75) is 19.4 Å². The fourth-order valence-electron chi connectivity index (χ4n) is 2.88. The summed E-state index contributed by atoms with van der Waals surface area (Å²) in [5.74, 6) is 0.201. The van der Waals surface area contributed by atoms with Gasteiger partial charge in [-0.15, -0.1) is 0 Å². The molecule has 5 heteroatoms. The molecule has 2 heterocycles. The molecule has 1 aromatic carbocycles. The summed E-state index contributed by atoms with van der Waals surface area (Å²) in [4.78, 5) is 18.6. The standard InChI is InChI=1S/C18H20ClN3O/c19-16-3-1-14(2-4-16)13-22-11-7-15(8-12-22)18(23)21-17-5-9-20-10-6-17/h1-6,9-10,15H,7-8,11-13H2,(H,20,21,23). The van der Waals surface area contributed by atoms with Crippen molar-refractivity contribution < 1.29 is 4.79 Å². The number of carbonyl (C=O) groups is 1. The van der Waals surface area contributed by atoms with Crippen LogP contribution in [0.2, 0.25) is 5.02 Å². The van der Waals surface area contributed by atoms with Crippen LogP contribution in [0.15, 0.2) is 48.8 Å². The maximum absolute atomic E-state index is 12.3. The van der Waals surface area contributed by atoms with Crippen LogP contribution in [0.4, 0.5) is 5.69 Å². The van der Waals surface area contributed by atoms with Gasteiger partial charge in [-0.1, -0.05) is 23.7 Å². The van der Waals surface area contributed by atoms with Gasteiger partial charge in [-0.3, -0.25) is 14.7 Å². The number of nitrogens with one attached hydrogen (secondary N) is 1. The maximum atomic E-state index is 12.3. The minimum Gasteiger partial charge on any atom is -0.326 e. The quantitative estimate of drug-likeness (QED) is 0.932. The highest BCUT2D eigenvalue weighted by molar-refractivity contribution is 6.30. The van der Waals surface area contributed by atoms with E-state index in [9.17, 15) is 4.79 Å². The molecule has 1 fully saturated rings. The normalized spacial score (nSPS) is 16.2. The van der Waals surface area contributed by atoms with Crippen molar-refractivity contribution in [3.05, 3.63) is 59.4 Å². The number of nitrogens with zero attached hydrogens (tertiary/aromatic N) is 2. The number of anilines is 1. The molecule has 0 atom stereocenters. The summed E-state index contributed by atoms with van der Waals surface area (Å²) in [6.45, 7) is 2.80. The Kier molecular flexibility index (Phi) is 5.26. The number of likely N-dealkylation sites (tertiary alicyclic amines) is 1. The number of rotatable bonds is 4. The number of benzene rings is 1. The zero-order valence-corrected chi connectivity index (χ0v) is 13.7. The Morgan fingerprint density at radius 3 is 2.43 bits per heavy atom. The molecule has 1 saturated heterocycles. The number of halogens is 1. The summed E-state index contributed by atoms with van der Waals surface area (Å²) in [6.07, 6.45) is 5.16. The minimum atomic E-state index is 0.0876. The largest absolute Gasteiger partial charge is 0.326 e. The lowest BCUT2D eigenvalue weighted by molar-refractivity contribution is -0.121. The fraction of sp³-hybridized carbons (Fsp3) is 0.333. The Morgan fingerprint density at radius 2 is 1.78 bits per heavy atom. The van der Waals surface area contributed by atoms with Gasteiger partial charge in [0.2, 0.25) is 5.91 Å². The molecule has 0 saturated carbocycles. The molecule has 3 rings (SSSR count). The lowest BCUT2D eigenvalue weighted by Gasteiger charge is -2.31. The van der Waals surface area contributed by atoms with Gasteiger partial charge in [-0.25, -0.2) is 0 Å². The molecule has 0 unspecified atom stereocenters. The van der Waals surface area contributed by atoms with E-state index in [1.54, 1.807) is 12.4 Å². The fourth-order valence-corrected chi connectivity index (χ4v) is 3.01. The molecule has 2 aromatic rings. The second kappa shape index (κ2) is 7.57. The van der Waals surface area contributed by atoms with Crippen LogP contribution in [0.1, 0.15) is 18.4 Å². The topological polar surface area (TPSA) is 45.2 Å². The summed E-state index contributed by atoms with van der Waals surface area (Å²) in [6, 6.07) is 11.6. The predicted molar refractivity (Wildman–Crippen MR) is 92.3 cm³/mol. The number of pyridine rings is 1. The molecule has 0 radical (unpaired) electrons. The van der Waals surface area contributed by atoms with E-state index < -0.39 is 0 Å². The Morgan fingerprint density at radius 1 is 1.13 bits per heavy atom. The monoisotopic (exact) mass is 329 g/mol. The van der Waals surface area contributed by atoms with Crippen LogP contribution >= 0.6 is 11.6 Å². The molecule has 4 nitrogen and oxygen atoms in total. The number of carbonyl (C=O) groups excluding carboxylic acids is 1. The first-order valence-electron chi connectivity index (χ1n) is 7.88. The summed E-state index contributed by atoms with van der Waals surface area (Å²) in [7, 11) is 0. The molecule has 120 valence electrons. The van der Waals surface area contributed by atoms with Crippen LogP contribution in [-0.2, 0) is 11.3 Å². The Bertz CT molecular complexity index is 637. The molecule has 0 aliphatic carbocycles. The highest BCUT2D eigenvalue weighted by Gasteiger charge is 2.24. The van der Waals surface area contributed by atoms with E-state index in [1.165, 1.54) is 5.56 Å². The number of hydrogen-bond acceptors (Lipinski definition) is 3. The van der Waals surface area contributed by atoms with Gasteiger partial charge in [0.05, 0.1) is 0 Å². The van der Waals surface area contributed by atoms with Crippen LogP contribution in [-0.4, -0.2) is 28.9 Å². The van der Waals surface area contributed by atoms with Gasteiger partial charge in [-0.05, 0) is 55.8 Å². The summed E-state index contributed by atoms with van der Waals surface area (Å²) in [5, 5.41) is 3.73. The van der Waals surface area contributed by atoms with Crippen molar-refractivity contribution in [1.82, 2.24) is 9.88 Å². The molecule has 1 N–H and O–H groups in total. The van der Waals surface area contributed by atoms with Crippen LogP contribution in [0, 0.1) is 5.92 Å². The van der Waals surface area contributed by atoms with Gasteiger partial charge >= 0.3 is 0 Å². The van der Waals surface area contributed by atoms with Crippen LogP contribution < -0.4 is 5.32 Å². The molecule has 1 aliphatic rings. The third-order valence-corrected chi connectivity index (χ3v) is 4.48. The second-order valence-electron chi connectivity index (χ2n) is 5.90. The zero-order chi connectivity index (χ0) is 16.1. The highest BCUT2D eigenvalue weighted by Crippen LogP contribution is 2.21. The number of hydrogen-bond donors (Lipinski definition) is 1. The van der Waals surface area contributed by atoms with Gasteiger partial charge in [0.25, 0.3) is 0 Å². The Balaban J connectivity index is 1.48. The molecule has 23 heavy (non-hydrogen) atoms. The van der Waals surface area contributed by atoms with Crippen molar-refractivity contribution in [3.8, 4) is 0 Å². The molecule has 1 aliphatic heterocycles. The lowest BCUT2D eigenvalue weighted by Crippen LogP contribution is -2.37. The van der Waals surface area contributed by atoms with Crippen molar-refractivity contribution in [1.29, 1.82) is 0 Å². The highest BCUT2D eigenvalue weighted by atomic mass is 35.5. The van der Waals surface area contributed by atoms with Crippen molar-refractivity contribution in [3.63, 3.8) is 0 Å². The molecule has 1 amide bonds. The van der Waals surface area contributed by atoms with Crippen LogP contribution in [0.3, 0.4) is 0 Å².